The predicted octanol–water partition coefficient (Wildman–Crippen LogP) is 0.360. The van der Waals surface area contributed by atoms with Crippen LogP contribution in [0.3, 0.4) is 0 Å². The molecule has 1 aromatic rings. The summed E-state index contributed by atoms with van der Waals surface area (Å²) in [4.78, 5) is 13.4. The van der Waals surface area contributed by atoms with E-state index in [9.17, 15) is 4.79 Å². The first-order chi connectivity index (χ1) is 7.18. The van der Waals surface area contributed by atoms with Gasteiger partial charge < -0.3 is 16.0 Å². The SMILES string of the molecule is Cc1c(N)nsc1N1CCCNC(=O)C1. The highest BCUT2D eigenvalue weighted by atomic mass is 32.1. The topological polar surface area (TPSA) is 71.2 Å². The molecule has 0 atom stereocenters. The molecule has 1 aromatic heterocycles. The third kappa shape index (κ3) is 2.04. The number of carbonyl (C=O) groups excluding carboxylic acids is 1. The van der Waals surface area contributed by atoms with Crippen LogP contribution in [-0.2, 0) is 4.79 Å². The van der Waals surface area contributed by atoms with Crippen LogP contribution in [0.25, 0.3) is 0 Å². The molecule has 0 radical (unpaired) electrons. The van der Waals surface area contributed by atoms with Crippen molar-refractivity contribution in [1.82, 2.24) is 9.69 Å². The quantitative estimate of drug-likeness (QED) is 0.725. The number of amides is 1. The van der Waals surface area contributed by atoms with Crippen molar-refractivity contribution in [3.05, 3.63) is 5.56 Å². The molecule has 1 saturated heterocycles. The molecule has 1 amide bonds. The summed E-state index contributed by atoms with van der Waals surface area (Å²) in [5, 5.41) is 3.86. The van der Waals surface area contributed by atoms with E-state index < -0.39 is 0 Å². The molecule has 0 aliphatic carbocycles. The first-order valence-electron chi connectivity index (χ1n) is 4.92. The molecule has 82 valence electrons. The second-order valence-corrected chi connectivity index (χ2v) is 4.37. The molecular weight excluding hydrogens is 212 g/mol. The number of rotatable bonds is 1. The molecule has 0 bridgehead atoms. The van der Waals surface area contributed by atoms with Gasteiger partial charge in [-0.1, -0.05) is 0 Å². The van der Waals surface area contributed by atoms with Crippen LogP contribution in [-0.4, -0.2) is 29.9 Å². The zero-order chi connectivity index (χ0) is 10.8. The van der Waals surface area contributed by atoms with E-state index in [-0.39, 0.29) is 5.91 Å². The van der Waals surface area contributed by atoms with Crippen molar-refractivity contribution in [2.45, 2.75) is 13.3 Å². The predicted molar refractivity (Wildman–Crippen MR) is 61.1 cm³/mol. The summed E-state index contributed by atoms with van der Waals surface area (Å²) in [5.41, 5.74) is 6.67. The van der Waals surface area contributed by atoms with Gasteiger partial charge in [-0.25, -0.2) is 0 Å². The Bertz CT molecular complexity index is 376. The standard InChI is InChI=1S/C9H14N4OS/c1-6-8(10)12-15-9(6)13-4-2-3-11-7(14)5-13/h2-5H2,1H3,(H2,10,12)(H,11,14). The maximum Gasteiger partial charge on any atom is 0.239 e. The van der Waals surface area contributed by atoms with Crippen LogP contribution in [0.5, 0.6) is 0 Å². The van der Waals surface area contributed by atoms with Crippen molar-refractivity contribution in [3.8, 4) is 0 Å². The lowest BCUT2D eigenvalue weighted by Crippen LogP contribution is -2.32. The average Bonchev–Trinajstić information content (AvgIpc) is 2.42. The van der Waals surface area contributed by atoms with Gasteiger partial charge in [0.1, 0.15) is 10.8 Å². The van der Waals surface area contributed by atoms with Gasteiger partial charge >= 0.3 is 0 Å². The minimum absolute atomic E-state index is 0.0684. The summed E-state index contributed by atoms with van der Waals surface area (Å²) >= 11 is 1.36. The number of nitrogen functional groups attached to an aromatic ring is 1. The van der Waals surface area contributed by atoms with Crippen molar-refractivity contribution < 1.29 is 4.79 Å². The first kappa shape index (κ1) is 10.2. The smallest absolute Gasteiger partial charge is 0.239 e. The van der Waals surface area contributed by atoms with Crippen molar-refractivity contribution in [2.75, 3.05) is 30.3 Å². The monoisotopic (exact) mass is 226 g/mol. The largest absolute Gasteiger partial charge is 0.383 e. The maximum absolute atomic E-state index is 11.4. The van der Waals surface area contributed by atoms with E-state index >= 15 is 0 Å². The fourth-order valence-electron chi connectivity index (χ4n) is 1.61. The molecule has 1 aliphatic heterocycles. The highest BCUT2D eigenvalue weighted by Gasteiger charge is 2.19. The molecule has 1 fully saturated rings. The van der Waals surface area contributed by atoms with E-state index in [1.807, 2.05) is 11.8 Å². The number of nitrogens with zero attached hydrogens (tertiary/aromatic N) is 2. The van der Waals surface area contributed by atoms with E-state index in [4.69, 9.17) is 5.73 Å². The third-order valence-electron chi connectivity index (χ3n) is 2.48. The van der Waals surface area contributed by atoms with Gasteiger partial charge in [0.25, 0.3) is 0 Å². The Morgan fingerprint density at radius 1 is 1.60 bits per heavy atom. The fourth-order valence-corrected chi connectivity index (χ4v) is 2.45. The van der Waals surface area contributed by atoms with Crippen LogP contribution in [0.15, 0.2) is 0 Å². The van der Waals surface area contributed by atoms with E-state index in [2.05, 4.69) is 9.69 Å². The molecule has 15 heavy (non-hydrogen) atoms. The normalized spacial score (nSPS) is 17.4. The van der Waals surface area contributed by atoms with Crippen LogP contribution in [0.1, 0.15) is 12.0 Å². The lowest BCUT2D eigenvalue weighted by molar-refractivity contribution is -0.119. The summed E-state index contributed by atoms with van der Waals surface area (Å²) < 4.78 is 4.09. The number of carbonyl (C=O) groups is 1. The average molecular weight is 226 g/mol. The lowest BCUT2D eigenvalue weighted by atomic mass is 10.3. The second-order valence-electron chi connectivity index (χ2n) is 3.62. The number of anilines is 2. The lowest BCUT2D eigenvalue weighted by Gasteiger charge is -2.19. The van der Waals surface area contributed by atoms with Crippen molar-refractivity contribution in [1.29, 1.82) is 0 Å². The molecular formula is C9H14N4OS. The summed E-state index contributed by atoms with van der Waals surface area (Å²) in [5.74, 6) is 0.638. The highest BCUT2D eigenvalue weighted by Crippen LogP contribution is 2.29. The van der Waals surface area contributed by atoms with E-state index in [0.29, 0.717) is 12.4 Å². The van der Waals surface area contributed by atoms with E-state index in [0.717, 1.165) is 30.1 Å². The van der Waals surface area contributed by atoms with Crippen molar-refractivity contribution in [3.63, 3.8) is 0 Å². The van der Waals surface area contributed by atoms with Crippen LogP contribution in [0.2, 0.25) is 0 Å². The van der Waals surface area contributed by atoms with Gasteiger partial charge in [0.15, 0.2) is 0 Å². The molecule has 3 N–H and O–H groups in total. The number of hydrogen-bond acceptors (Lipinski definition) is 5. The van der Waals surface area contributed by atoms with Crippen LogP contribution >= 0.6 is 11.5 Å². The molecule has 2 heterocycles. The van der Waals surface area contributed by atoms with Gasteiger partial charge in [0.05, 0.1) is 6.54 Å². The Morgan fingerprint density at radius 2 is 2.40 bits per heavy atom. The molecule has 0 unspecified atom stereocenters. The molecule has 0 aromatic carbocycles. The number of aromatic nitrogens is 1. The fraction of sp³-hybridized carbons (Fsp3) is 0.556. The zero-order valence-corrected chi connectivity index (χ0v) is 9.43. The Kier molecular flexibility index (Phi) is 2.77. The van der Waals surface area contributed by atoms with Crippen molar-refractivity contribution in [2.24, 2.45) is 0 Å². The molecule has 2 rings (SSSR count). The number of nitrogens with two attached hydrogens (primary N) is 1. The van der Waals surface area contributed by atoms with Crippen LogP contribution in [0.4, 0.5) is 10.8 Å². The van der Waals surface area contributed by atoms with Gasteiger partial charge in [-0.05, 0) is 24.9 Å². The minimum Gasteiger partial charge on any atom is -0.383 e. The van der Waals surface area contributed by atoms with Gasteiger partial charge in [0, 0.05) is 18.7 Å². The molecule has 0 saturated carbocycles. The highest BCUT2D eigenvalue weighted by molar-refractivity contribution is 7.10. The summed E-state index contributed by atoms with van der Waals surface area (Å²) in [6.07, 6.45) is 0.961. The Morgan fingerprint density at radius 3 is 3.07 bits per heavy atom. The summed E-state index contributed by atoms with van der Waals surface area (Å²) in [6.45, 7) is 3.98. The van der Waals surface area contributed by atoms with Gasteiger partial charge in [-0.2, -0.15) is 4.37 Å². The Labute approximate surface area is 92.4 Å². The molecule has 1 aliphatic rings. The summed E-state index contributed by atoms with van der Waals surface area (Å²) in [6, 6.07) is 0. The van der Waals surface area contributed by atoms with Gasteiger partial charge in [-0.15, -0.1) is 0 Å². The Hall–Kier alpha value is -1.30. The molecule has 6 heteroatoms. The Balaban J connectivity index is 2.21. The van der Waals surface area contributed by atoms with Crippen molar-refractivity contribution >= 4 is 28.3 Å². The van der Waals surface area contributed by atoms with Crippen LogP contribution < -0.4 is 16.0 Å². The van der Waals surface area contributed by atoms with E-state index in [1.54, 1.807) is 0 Å². The summed E-state index contributed by atoms with van der Waals surface area (Å²) in [7, 11) is 0. The van der Waals surface area contributed by atoms with Crippen LogP contribution in [0, 0.1) is 6.92 Å². The second kappa shape index (κ2) is 4.06. The van der Waals surface area contributed by atoms with Gasteiger partial charge in [-0.3, -0.25) is 4.79 Å². The zero-order valence-electron chi connectivity index (χ0n) is 8.62. The molecule has 0 spiro atoms. The third-order valence-corrected chi connectivity index (χ3v) is 3.51. The molecule has 5 nitrogen and oxygen atoms in total. The first-order valence-corrected chi connectivity index (χ1v) is 5.69. The maximum atomic E-state index is 11.4. The van der Waals surface area contributed by atoms with E-state index in [1.165, 1.54) is 11.5 Å². The van der Waals surface area contributed by atoms with Gasteiger partial charge in [0.2, 0.25) is 5.91 Å². The minimum atomic E-state index is 0.0684. The number of nitrogens with one attached hydrogen (secondary N) is 1. The number of hydrogen-bond donors (Lipinski definition) is 2.